The fourth-order valence-electron chi connectivity index (χ4n) is 4.38. The first-order valence-electron chi connectivity index (χ1n) is 10.5. The van der Waals surface area contributed by atoms with Gasteiger partial charge in [0.05, 0.1) is 41.9 Å². The van der Waals surface area contributed by atoms with Crippen LogP contribution in [-0.2, 0) is 6.42 Å². The SMILES string of the molecule is Cl.Cl.c1cc2c(c(-c3ccc4cnc(Nc5cnn(C6CCNCC6)c5)nn34)c1)OCC2. The second kappa shape index (κ2) is 9.36. The molecule has 0 unspecified atom stereocenters. The smallest absolute Gasteiger partial charge is 0.245 e. The standard InChI is InChI=1S/C22H23N7O.2ClH/c1-2-15-8-11-30-21(15)19(3-1)20-5-4-18-13-24-22(27-29(18)20)26-16-12-25-28(14-16)17-6-9-23-10-7-17;;/h1-5,12-14,17,23H,6-11H2,(H,26,27);2*1H. The van der Waals surface area contributed by atoms with Gasteiger partial charge in [0.2, 0.25) is 5.95 Å². The number of aromatic nitrogens is 5. The molecule has 0 amide bonds. The minimum Gasteiger partial charge on any atom is -0.492 e. The van der Waals surface area contributed by atoms with E-state index in [1.165, 1.54) is 5.56 Å². The first-order valence-corrected chi connectivity index (χ1v) is 10.5. The quantitative estimate of drug-likeness (QED) is 0.465. The molecule has 168 valence electrons. The molecule has 5 heterocycles. The van der Waals surface area contributed by atoms with E-state index in [1.807, 2.05) is 33.9 Å². The average Bonchev–Trinajstić information content (AvgIpc) is 3.53. The van der Waals surface area contributed by atoms with Crippen LogP contribution in [0.15, 0.2) is 48.9 Å². The van der Waals surface area contributed by atoms with Crippen molar-refractivity contribution in [3.8, 4) is 17.0 Å². The van der Waals surface area contributed by atoms with Crippen molar-refractivity contribution in [1.82, 2.24) is 29.7 Å². The summed E-state index contributed by atoms with van der Waals surface area (Å²) in [7, 11) is 0. The van der Waals surface area contributed by atoms with E-state index in [0.29, 0.717) is 12.0 Å². The van der Waals surface area contributed by atoms with Gasteiger partial charge in [0, 0.05) is 18.2 Å². The molecule has 32 heavy (non-hydrogen) atoms. The highest BCUT2D eigenvalue weighted by Gasteiger charge is 2.20. The molecule has 0 bridgehead atoms. The second-order valence-corrected chi connectivity index (χ2v) is 7.84. The molecule has 8 nitrogen and oxygen atoms in total. The van der Waals surface area contributed by atoms with Crippen molar-refractivity contribution in [3.05, 3.63) is 54.5 Å². The molecule has 10 heteroatoms. The maximum Gasteiger partial charge on any atom is 0.245 e. The van der Waals surface area contributed by atoms with Gasteiger partial charge < -0.3 is 15.4 Å². The number of nitrogens with zero attached hydrogens (tertiary/aromatic N) is 5. The van der Waals surface area contributed by atoms with Gasteiger partial charge in [0.25, 0.3) is 0 Å². The minimum absolute atomic E-state index is 0. The van der Waals surface area contributed by atoms with Gasteiger partial charge in [-0.15, -0.1) is 29.9 Å². The summed E-state index contributed by atoms with van der Waals surface area (Å²) in [4.78, 5) is 4.48. The molecule has 6 rings (SSSR count). The molecule has 0 spiro atoms. The molecular weight excluding hydrogens is 449 g/mol. The number of anilines is 2. The van der Waals surface area contributed by atoms with Gasteiger partial charge in [-0.2, -0.15) is 5.10 Å². The van der Waals surface area contributed by atoms with Crippen molar-refractivity contribution < 1.29 is 4.74 Å². The van der Waals surface area contributed by atoms with Gasteiger partial charge in [0.1, 0.15) is 5.75 Å². The Morgan fingerprint density at radius 2 is 1.94 bits per heavy atom. The largest absolute Gasteiger partial charge is 0.492 e. The maximum atomic E-state index is 5.90. The molecular formula is C22H25Cl2N7O. The molecule has 1 fully saturated rings. The van der Waals surface area contributed by atoms with Crippen LogP contribution in [0.3, 0.4) is 0 Å². The van der Waals surface area contributed by atoms with E-state index in [0.717, 1.165) is 67.2 Å². The summed E-state index contributed by atoms with van der Waals surface area (Å²) in [5, 5.41) is 16.0. The molecule has 4 aromatic rings. The van der Waals surface area contributed by atoms with Crippen molar-refractivity contribution in [1.29, 1.82) is 0 Å². The van der Waals surface area contributed by atoms with Crippen molar-refractivity contribution in [3.63, 3.8) is 0 Å². The molecule has 2 aliphatic heterocycles. The van der Waals surface area contributed by atoms with E-state index >= 15 is 0 Å². The van der Waals surface area contributed by atoms with E-state index in [1.54, 1.807) is 0 Å². The number of fused-ring (bicyclic) bond motifs is 2. The topological polar surface area (TPSA) is 81.3 Å². The lowest BCUT2D eigenvalue weighted by Gasteiger charge is -2.22. The third-order valence-electron chi connectivity index (χ3n) is 5.93. The summed E-state index contributed by atoms with van der Waals surface area (Å²) in [5.74, 6) is 1.51. The highest BCUT2D eigenvalue weighted by molar-refractivity contribution is 5.85. The van der Waals surface area contributed by atoms with Crippen LogP contribution in [-0.4, -0.2) is 44.1 Å². The van der Waals surface area contributed by atoms with Crippen molar-refractivity contribution in [2.75, 3.05) is 25.0 Å². The van der Waals surface area contributed by atoms with E-state index in [9.17, 15) is 0 Å². The Kier molecular flexibility index (Phi) is 6.55. The molecule has 2 N–H and O–H groups in total. The summed E-state index contributed by atoms with van der Waals surface area (Å²) >= 11 is 0. The van der Waals surface area contributed by atoms with Gasteiger partial charge in [-0.25, -0.2) is 9.50 Å². The Hall–Kier alpha value is -2.81. The Labute approximate surface area is 198 Å². The van der Waals surface area contributed by atoms with Crippen LogP contribution < -0.4 is 15.4 Å². The fraction of sp³-hybridized carbons (Fsp3) is 0.318. The zero-order chi connectivity index (χ0) is 19.9. The Bertz CT molecular complexity index is 1220. The number of nitrogens with one attached hydrogen (secondary N) is 2. The van der Waals surface area contributed by atoms with Crippen LogP contribution in [0.25, 0.3) is 16.8 Å². The lowest BCUT2D eigenvalue weighted by molar-refractivity contribution is 0.343. The first kappa shape index (κ1) is 22.4. The number of ether oxygens (including phenoxy) is 1. The summed E-state index contributed by atoms with van der Waals surface area (Å²) in [5.41, 5.74) is 5.15. The third-order valence-corrected chi connectivity index (χ3v) is 5.93. The van der Waals surface area contributed by atoms with Gasteiger partial charge in [-0.3, -0.25) is 4.68 Å². The van der Waals surface area contributed by atoms with Gasteiger partial charge in [0.15, 0.2) is 0 Å². The van der Waals surface area contributed by atoms with E-state index in [4.69, 9.17) is 9.84 Å². The van der Waals surface area contributed by atoms with Gasteiger partial charge in [-0.1, -0.05) is 12.1 Å². The monoisotopic (exact) mass is 473 g/mol. The van der Waals surface area contributed by atoms with E-state index in [-0.39, 0.29) is 24.8 Å². The number of halogens is 2. The zero-order valence-corrected chi connectivity index (χ0v) is 19.0. The molecule has 2 aliphatic rings. The molecule has 1 saturated heterocycles. The average molecular weight is 474 g/mol. The van der Waals surface area contributed by atoms with E-state index < -0.39 is 0 Å². The predicted octanol–water partition coefficient (Wildman–Crippen LogP) is 4.04. The highest BCUT2D eigenvalue weighted by Crippen LogP contribution is 2.37. The number of rotatable bonds is 4. The van der Waals surface area contributed by atoms with Crippen LogP contribution in [0, 0.1) is 0 Å². The molecule has 0 radical (unpaired) electrons. The Morgan fingerprint density at radius 1 is 1.06 bits per heavy atom. The Balaban J connectivity index is 0.00000122. The molecule has 1 aromatic carbocycles. The predicted molar refractivity (Wildman–Crippen MR) is 129 cm³/mol. The maximum absolute atomic E-state index is 5.90. The zero-order valence-electron chi connectivity index (χ0n) is 17.4. The summed E-state index contributed by atoms with van der Waals surface area (Å²) < 4.78 is 9.87. The molecule has 0 atom stereocenters. The van der Waals surface area contributed by atoms with Gasteiger partial charge in [-0.05, 0) is 49.7 Å². The third kappa shape index (κ3) is 4.01. The molecule has 3 aromatic heterocycles. The number of benzene rings is 1. The number of piperidine rings is 1. The molecule has 0 saturated carbocycles. The van der Waals surface area contributed by atoms with Crippen LogP contribution in [0.1, 0.15) is 24.4 Å². The Morgan fingerprint density at radius 3 is 2.81 bits per heavy atom. The van der Waals surface area contributed by atoms with Crippen molar-refractivity contribution in [2.24, 2.45) is 0 Å². The van der Waals surface area contributed by atoms with Crippen molar-refractivity contribution in [2.45, 2.75) is 25.3 Å². The van der Waals surface area contributed by atoms with Crippen LogP contribution >= 0.6 is 24.8 Å². The van der Waals surface area contributed by atoms with Crippen LogP contribution in [0.2, 0.25) is 0 Å². The number of hydrogen-bond donors (Lipinski definition) is 2. The summed E-state index contributed by atoms with van der Waals surface area (Å²) in [6.45, 7) is 2.81. The lowest BCUT2D eigenvalue weighted by atomic mass is 10.1. The number of para-hydroxylation sites is 1. The summed E-state index contributed by atoms with van der Waals surface area (Å²) in [6.07, 6.45) is 8.86. The van der Waals surface area contributed by atoms with E-state index in [2.05, 4.69) is 45.0 Å². The highest BCUT2D eigenvalue weighted by atomic mass is 35.5. The molecule has 0 aliphatic carbocycles. The van der Waals surface area contributed by atoms with Crippen LogP contribution in [0.5, 0.6) is 5.75 Å². The van der Waals surface area contributed by atoms with Gasteiger partial charge >= 0.3 is 0 Å². The lowest BCUT2D eigenvalue weighted by Crippen LogP contribution is -2.29. The van der Waals surface area contributed by atoms with Crippen molar-refractivity contribution >= 4 is 42.0 Å². The fourth-order valence-corrected chi connectivity index (χ4v) is 4.38. The summed E-state index contributed by atoms with van der Waals surface area (Å²) in [6, 6.07) is 10.8. The normalized spacial score (nSPS) is 15.5. The minimum atomic E-state index is 0. The first-order chi connectivity index (χ1) is 14.8. The second-order valence-electron chi connectivity index (χ2n) is 7.84. The van der Waals surface area contributed by atoms with Crippen LogP contribution in [0.4, 0.5) is 11.6 Å². The number of hydrogen-bond acceptors (Lipinski definition) is 6.